The fourth-order valence-electron chi connectivity index (χ4n) is 2.33. The highest BCUT2D eigenvalue weighted by molar-refractivity contribution is 7.12. The molecule has 0 radical (unpaired) electrons. The smallest absolute Gasteiger partial charge is 0.255 e. The largest absolute Gasteiger partial charge is 0.352 e. The summed E-state index contributed by atoms with van der Waals surface area (Å²) in [7, 11) is 0. The van der Waals surface area contributed by atoms with Crippen molar-refractivity contribution in [3.8, 4) is 0 Å². The summed E-state index contributed by atoms with van der Waals surface area (Å²) < 4.78 is 0. The summed E-state index contributed by atoms with van der Waals surface area (Å²) in [6.07, 6.45) is 2.80. The predicted octanol–water partition coefficient (Wildman–Crippen LogP) is 4.00. The third-order valence-electron chi connectivity index (χ3n) is 3.47. The van der Waals surface area contributed by atoms with Gasteiger partial charge in [0.05, 0.1) is 16.6 Å². The van der Waals surface area contributed by atoms with Gasteiger partial charge >= 0.3 is 0 Å². The zero-order valence-electron chi connectivity index (χ0n) is 13.2. The quantitative estimate of drug-likeness (QED) is 0.697. The van der Waals surface area contributed by atoms with Crippen LogP contribution in [0.1, 0.15) is 28.9 Å². The molecule has 2 N–H and O–H groups in total. The Morgan fingerprint density at radius 3 is 2.83 bits per heavy atom. The fourth-order valence-corrected chi connectivity index (χ4v) is 3.15. The van der Waals surface area contributed by atoms with E-state index in [0.29, 0.717) is 17.9 Å². The van der Waals surface area contributed by atoms with E-state index in [0.717, 1.165) is 22.3 Å². The van der Waals surface area contributed by atoms with Gasteiger partial charge in [-0.25, -0.2) is 4.98 Å². The molecule has 1 amide bonds. The van der Waals surface area contributed by atoms with Gasteiger partial charge < -0.3 is 10.3 Å². The van der Waals surface area contributed by atoms with Gasteiger partial charge in [0.15, 0.2) is 0 Å². The molecule has 0 bridgehead atoms. The summed E-state index contributed by atoms with van der Waals surface area (Å²) in [5.74, 6) is 0.503. The van der Waals surface area contributed by atoms with Crippen molar-refractivity contribution in [1.29, 1.82) is 0 Å². The second-order valence-corrected chi connectivity index (χ2v) is 6.68. The minimum Gasteiger partial charge on any atom is -0.352 e. The number of rotatable bonds is 5. The van der Waals surface area contributed by atoms with Crippen LogP contribution in [0.2, 0.25) is 0 Å². The number of nitrogens with one attached hydrogen (secondary N) is 2. The van der Waals surface area contributed by atoms with Crippen molar-refractivity contribution in [3.63, 3.8) is 0 Å². The van der Waals surface area contributed by atoms with Gasteiger partial charge in [0.25, 0.3) is 5.91 Å². The van der Waals surface area contributed by atoms with Crippen molar-refractivity contribution in [2.75, 3.05) is 6.54 Å². The predicted molar refractivity (Wildman–Crippen MR) is 96.3 cm³/mol. The van der Waals surface area contributed by atoms with E-state index in [2.05, 4.69) is 28.3 Å². The third kappa shape index (κ3) is 3.51. The van der Waals surface area contributed by atoms with Crippen LogP contribution in [0.4, 0.5) is 0 Å². The van der Waals surface area contributed by atoms with Crippen LogP contribution < -0.4 is 5.32 Å². The van der Waals surface area contributed by atoms with Gasteiger partial charge in [0, 0.05) is 16.3 Å². The van der Waals surface area contributed by atoms with Crippen LogP contribution in [-0.4, -0.2) is 22.4 Å². The standard InChI is InChI=1S/C18H19N3OS/c1-3-10-19-18(22)14(11-13-9-8-12(2)23-13)17-20-15-6-4-5-7-16(15)21-17/h4-9,11H,3,10H2,1-2H3,(H,19,22)(H,20,21)/b14-11-. The average Bonchev–Trinajstić information content (AvgIpc) is 3.15. The lowest BCUT2D eigenvalue weighted by Gasteiger charge is -2.05. The Balaban J connectivity index is 2.03. The summed E-state index contributed by atoms with van der Waals surface area (Å²) in [6.45, 7) is 4.74. The number of carbonyl (C=O) groups excluding carboxylic acids is 1. The van der Waals surface area contributed by atoms with Crippen molar-refractivity contribution >= 4 is 39.9 Å². The van der Waals surface area contributed by atoms with E-state index in [1.165, 1.54) is 4.88 Å². The van der Waals surface area contributed by atoms with Gasteiger partial charge in [0.1, 0.15) is 5.82 Å². The third-order valence-corrected chi connectivity index (χ3v) is 4.42. The van der Waals surface area contributed by atoms with Crippen LogP contribution in [0.3, 0.4) is 0 Å². The molecular formula is C18H19N3OS. The summed E-state index contributed by atoms with van der Waals surface area (Å²) in [5.41, 5.74) is 2.36. The molecule has 0 aliphatic carbocycles. The Kier molecular flexibility index (Phi) is 4.57. The zero-order valence-corrected chi connectivity index (χ0v) is 14.0. The molecule has 0 fully saturated rings. The molecule has 4 nitrogen and oxygen atoms in total. The summed E-state index contributed by atoms with van der Waals surface area (Å²) in [4.78, 5) is 22.6. The molecule has 5 heteroatoms. The van der Waals surface area contributed by atoms with Gasteiger partial charge in [0.2, 0.25) is 0 Å². The van der Waals surface area contributed by atoms with Crippen LogP contribution in [0, 0.1) is 6.92 Å². The van der Waals surface area contributed by atoms with Crippen molar-refractivity contribution < 1.29 is 4.79 Å². The first-order valence-electron chi connectivity index (χ1n) is 7.69. The molecule has 0 unspecified atom stereocenters. The number of imidazole rings is 1. The molecule has 0 aliphatic heterocycles. The minimum absolute atomic E-state index is 0.100. The topological polar surface area (TPSA) is 57.8 Å². The minimum atomic E-state index is -0.100. The first-order chi connectivity index (χ1) is 11.2. The number of nitrogens with zero attached hydrogens (tertiary/aromatic N) is 1. The lowest BCUT2D eigenvalue weighted by atomic mass is 10.2. The summed E-state index contributed by atoms with van der Waals surface area (Å²) >= 11 is 1.66. The number of thiophene rings is 1. The highest BCUT2D eigenvalue weighted by atomic mass is 32.1. The average molecular weight is 325 g/mol. The number of aromatic nitrogens is 2. The monoisotopic (exact) mass is 325 g/mol. The molecule has 0 atom stereocenters. The first kappa shape index (κ1) is 15.5. The molecule has 0 spiro atoms. The van der Waals surface area contributed by atoms with E-state index < -0.39 is 0 Å². The maximum Gasteiger partial charge on any atom is 0.255 e. The van der Waals surface area contributed by atoms with Crippen molar-refractivity contribution in [3.05, 3.63) is 52.0 Å². The Labute approximate surface area is 139 Å². The molecule has 0 saturated heterocycles. The maximum absolute atomic E-state index is 12.6. The first-order valence-corrected chi connectivity index (χ1v) is 8.50. The number of aromatic amines is 1. The van der Waals surface area contributed by atoms with E-state index in [1.54, 1.807) is 11.3 Å². The second kappa shape index (κ2) is 6.79. The molecule has 0 aliphatic rings. The molecule has 2 aromatic heterocycles. The van der Waals surface area contributed by atoms with E-state index in [-0.39, 0.29) is 5.91 Å². The van der Waals surface area contributed by atoms with Crippen LogP contribution in [0.5, 0.6) is 0 Å². The SMILES string of the molecule is CCCNC(=O)/C(=C\c1ccc(C)s1)c1nc2ccccc2[nH]1. The Hall–Kier alpha value is -2.40. The number of para-hydroxylation sites is 2. The molecule has 3 aromatic rings. The van der Waals surface area contributed by atoms with Gasteiger partial charge in [-0.15, -0.1) is 11.3 Å². The van der Waals surface area contributed by atoms with Gasteiger partial charge in [-0.1, -0.05) is 19.1 Å². The van der Waals surface area contributed by atoms with Crippen LogP contribution in [0.15, 0.2) is 36.4 Å². The molecule has 23 heavy (non-hydrogen) atoms. The number of H-pyrrole nitrogens is 1. The van der Waals surface area contributed by atoms with Gasteiger partial charge in [-0.2, -0.15) is 0 Å². The van der Waals surface area contributed by atoms with E-state index in [4.69, 9.17) is 0 Å². The number of amides is 1. The van der Waals surface area contributed by atoms with Crippen molar-refractivity contribution in [2.24, 2.45) is 0 Å². The highest BCUT2D eigenvalue weighted by Crippen LogP contribution is 2.23. The molecule has 118 valence electrons. The molecule has 0 saturated carbocycles. The number of aryl methyl sites for hydroxylation is 1. The molecule has 3 rings (SSSR count). The summed E-state index contributed by atoms with van der Waals surface area (Å²) in [5, 5.41) is 2.94. The fraction of sp³-hybridized carbons (Fsp3) is 0.222. The van der Waals surface area contributed by atoms with Crippen LogP contribution >= 0.6 is 11.3 Å². The van der Waals surface area contributed by atoms with Crippen LogP contribution in [-0.2, 0) is 4.79 Å². The number of benzene rings is 1. The van der Waals surface area contributed by atoms with Gasteiger partial charge in [-0.3, -0.25) is 4.79 Å². The Bertz CT molecular complexity index is 827. The van der Waals surface area contributed by atoms with Crippen molar-refractivity contribution in [2.45, 2.75) is 20.3 Å². The second-order valence-electron chi connectivity index (χ2n) is 5.36. The lowest BCUT2D eigenvalue weighted by molar-refractivity contribution is -0.115. The number of carbonyl (C=O) groups is 1. The maximum atomic E-state index is 12.6. The van der Waals surface area contributed by atoms with Crippen molar-refractivity contribution in [1.82, 2.24) is 15.3 Å². The molecule has 1 aromatic carbocycles. The molecular weight excluding hydrogens is 306 g/mol. The normalized spacial score (nSPS) is 11.8. The zero-order chi connectivity index (χ0) is 16.2. The number of hydrogen-bond acceptors (Lipinski definition) is 3. The Morgan fingerprint density at radius 2 is 2.13 bits per heavy atom. The van der Waals surface area contributed by atoms with E-state index in [9.17, 15) is 4.79 Å². The lowest BCUT2D eigenvalue weighted by Crippen LogP contribution is -2.25. The number of hydrogen-bond donors (Lipinski definition) is 2. The summed E-state index contributed by atoms with van der Waals surface area (Å²) in [6, 6.07) is 11.9. The Morgan fingerprint density at radius 1 is 1.30 bits per heavy atom. The number of fused-ring (bicyclic) bond motifs is 1. The highest BCUT2D eigenvalue weighted by Gasteiger charge is 2.16. The van der Waals surface area contributed by atoms with E-state index >= 15 is 0 Å². The van der Waals surface area contributed by atoms with E-state index in [1.807, 2.05) is 43.3 Å². The van der Waals surface area contributed by atoms with Gasteiger partial charge in [-0.05, 0) is 43.7 Å². The van der Waals surface area contributed by atoms with Crippen LogP contribution in [0.25, 0.3) is 22.7 Å². The molecule has 2 heterocycles.